The molecule has 2 aromatic rings. The van der Waals surface area contributed by atoms with Crippen molar-refractivity contribution in [3.8, 4) is 17.2 Å². The number of fused-ring (bicyclic) bond motifs is 2. The molecule has 0 amide bonds. The van der Waals surface area contributed by atoms with Gasteiger partial charge in [0, 0.05) is 55.4 Å². The van der Waals surface area contributed by atoms with Crippen LogP contribution in [0.3, 0.4) is 0 Å². The normalized spacial score (nSPS) is 17.1. The molecule has 1 aromatic heterocycles. The number of benzene rings is 1. The molecular formula is C20H27N3O3. The Kier molecular flexibility index (Phi) is 4.76. The summed E-state index contributed by atoms with van der Waals surface area (Å²) in [4.78, 5) is 2.45. The highest BCUT2D eigenvalue weighted by molar-refractivity contribution is 5.51. The Hall–Kier alpha value is -2.21. The van der Waals surface area contributed by atoms with Gasteiger partial charge in [0.25, 0.3) is 0 Å². The summed E-state index contributed by atoms with van der Waals surface area (Å²) in [7, 11) is 1.71. The Morgan fingerprint density at radius 2 is 2.00 bits per heavy atom. The van der Waals surface area contributed by atoms with Crippen LogP contribution in [0.5, 0.6) is 17.2 Å². The molecule has 6 heteroatoms. The lowest BCUT2D eigenvalue weighted by atomic mass is 9.99. The Bertz CT molecular complexity index is 785. The summed E-state index contributed by atoms with van der Waals surface area (Å²) in [6, 6.07) is 4.04. The lowest BCUT2D eigenvalue weighted by Crippen LogP contribution is -2.30. The standard InChI is InChI=1S/C20H27N3O3/c1-13(2)20-15-12-23(6-5-16(15)21-22-20)11-14-9-18-19(10-17(14)24-3)26-8-4-7-25-18/h9-10,13H,4-8,11-12H2,1-3H3,(H,21,22). The zero-order valence-electron chi connectivity index (χ0n) is 15.8. The second-order valence-corrected chi connectivity index (χ2v) is 7.34. The molecule has 1 aromatic carbocycles. The number of methoxy groups -OCH3 is 1. The van der Waals surface area contributed by atoms with Gasteiger partial charge in [-0.2, -0.15) is 5.10 Å². The summed E-state index contributed by atoms with van der Waals surface area (Å²) in [6.07, 6.45) is 1.90. The van der Waals surface area contributed by atoms with Gasteiger partial charge < -0.3 is 14.2 Å². The predicted molar refractivity (Wildman–Crippen MR) is 99.1 cm³/mol. The Balaban J connectivity index is 1.57. The average Bonchev–Trinajstić information content (AvgIpc) is 2.92. The molecule has 6 nitrogen and oxygen atoms in total. The molecule has 0 fully saturated rings. The van der Waals surface area contributed by atoms with Crippen LogP contribution in [0.15, 0.2) is 12.1 Å². The first-order chi connectivity index (χ1) is 12.7. The van der Waals surface area contributed by atoms with E-state index in [1.165, 1.54) is 17.0 Å². The maximum absolute atomic E-state index is 5.86. The number of ether oxygens (including phenoxy) is 3. The molecule has 4 rings (SSSR count). The summed E-state index contributed by atoms with van der Waals surface area (Å²) in [5, 5.41) is 7.75. The number of hydrogen-bond donors (Lipinski definition) is 1. The van der Waals surface area contributed by atoms with Crippen LogP contribution < -0.4 is 14.2 Å². The molecule has 0 saturated carbocycles. The molecule has 0 spiro atoms. The van der Waals surface area contributed by atoms with Crippen LogP contribution >= 0.6 is 0 Å². The third kappa shape index (κ3) is 3.26. The van der Waals surface area contributed by atoms with Gasteiger partial charge in [-0.15, -0.1) is 0 Å². The number of nitrogens with one attached hydrogen (secondary N) is 1. The predicted octanol–water partition coefficient (Wildman–Crippen LogP) is 3.26. The van der Waals surface area contributed by atoms with E-state index < -0.39 is 0 Å². The monoisotopic (exact) mass is 357 g/mol. The third-order valence-corrected chi connectivity index (χ3v) is 5.14. The van der Waals surface area contributed by atoms with Gasteiger partial charge in [0.05, 0.1) is 26.0 Å². The van der Waals surface area contributed by atoms with Crippen LogP contribution in [0.25, 0.3) is 0 Å². The van der Waals surface area contributed by atoms with E-state index in [9.17, 15) is 0 Å². The number of aromatic amines is 1. The minimum Gasteiger partial charge on any atom is -0.496 e. The van der Waals surface area contributed by atoms with Crippen LogP contribution in [0.4, 0.5) is 0 Å². The van der Waals surface area contributed by atoms with Crippen molar-refractivity contribution < 1.29 is 14.2 Å². The number of rotatable bonds is 4. The molecule has 0 saturated heterocycles. The van der Waals surface area contributed by atoms with E-state index in [0.29, 0.717) is 19.1 Å². The van der Waals surface area contributed by atoms with Crippen LogP contribution in [-0.4, -0.2) is 42.0 Å². The van der Waals surface area contributed by atoms with Crippen molar-refractivity contribution in [3.63, 3.8) is 0 Å². The van der Waals surface area contributed by atoms with E-state index in [0.717, 1.165) is 55.3 Å². The van der Waals surface area contributed by atoms with E-state index in [-0.39, 0.29) is 0 Å². The molecule has 2 aliphatic rings. The summed E-state index contributed by atoms with van der Waals surface area (Å²) in [5.74, 6) is 2.89. The van der Waals surface area contributed by atoms with Gasteiger partial charge in [0.1, 0.15) is 5.75 Å². The zero-order chi connectivity index (χ0) is 18.1. The number of H-pyrrole nitrogens is 1. The largest absolute Gasteiger partial charge is 0.496 e. The van der Waals surface area contributed by atoms with E-state index in [1.54, 1.807) is 7.11 Å². The maximum atomic E-state index is 5.86. The molecule has 0 unspecified atom stereocenters. The van der Waals surface area contributed by atoms with Crippen molar-refractivity contribution in [1.29, 1.82) is 0 Å². The summed E-state index contributed by atoms with van der Waals surface area (Å²) >= 11 is 0. The minimum atomic E-state index is 0.433. The molecule has 1 N–H and O–H groups in total. The quantitative estimate of drug-likeness (QED) is 0.910. The third-order valence-electron chi connectivity index (χ3n) is 5.14. The minimum absolute atomic E-state index is 0.433. The molecule has 3 heterocycles. The number of aromatic nitrogens is 2. The van der Waals surface area contributed by atoms with Crippen LogP contribution in [0.1, 0.15) is 48.7 Å². The maximum Gasteiger partial charge on any atom is 0.164 e. The molecule has 0 bridgehead atoms. The summed E-state index contributed by atoms with van der Waals surface area (Å²) in [6.45, 7) is 8.51. The van der Waals surface area contributed by atoms with Gasteiger partial charge in [-0.05, 0) is 12.0 Å². The molecule has 140 valence electrons. The Labute approximate surface area is 154 Å². The van der Waals surface area contributed by atoms with E-state index >= 15 is 0 Å². The highest BCUT2D eigenvalue weighted by Gasteiger charge is 2.25. The SMILES string of the molecule is COc1cc2c(cc1CN1CCc3[nH]nc(C(C)C)c3C1)OCCCO2. The molecular weight excluding hydrogens is 330 g/mol. The fraction of sp³-hybridized carbons (Fsp3) is 0.550. The Morgan fingerprint density at radius 3 is 2.73 bits per heavy atom. The first kappa shape index (κ1) is 17.2. The lowest BCUT2D eigenvalue weighted by molar-refractivity contribution is 0.239. The fourth-order valence-corrected chi connectivity index (χ4v) is 3.77. The average molecular weight is 357 g/mol. The van der Waals surface area contributed by atoms with Crippen molar-refractivity contribution in [2.45, 2.75) is 45.7 Å². The molecule has 0 radical (unpaired) electrons. The van der Waals surface area contributed by atoms with Crippen molar-refractivity contribution >= 4 is 0 Å². The van der Waals surface area contributed by atoms with E-state index in [2.05, 4.69) is 35.0 Å². The zero-order valence-corrected chi connectivity index (χ0v) is 15.8. The number of nitrogens with zero attached hydrogens (tertiary/aromatic N) is 2. The molecule has 0 aliphatic carbocycles. The van der Waals surface area contributed by atoms with Crippen LogP contribution in [0, 0.1) is 0 Å². The van der Waals surface area contributed by atoms with Crippen molar-refractivity contribution in [3.05, 3.63) is 34.6 Å². The van der Waals surface area contributed by atoms with E-state index in [4.69, 9.17) is 14.2 Å². The van der Waals surface area contributed by atoms with Gasteiger partial charge in [0.2, 0.25) is 0 Å². The topological polar surface area (TPSA) is 59.6 Å². The molecule has 0 atom stereocenters. The van der Waals surface area contributed by atoms with Gasteiger partial charge in [-0.3, -0.25) is 10.00 Å². The molecule has 26 heavy (non-hydrogen) atoms. The van der Waals surface area contributed by atoms with Gasteiger partial charge in [-0.1, -0.05) is 13.8 Å². The first-order valence-electron chi connectivity index (χ1n) is 9.40. The summed E-state index contributed by atoms with van der Waals surface area (Å²) in [5.41, 5.74) is 4.97. The number of hydrogen-bond acceptors (Lipinski definition) is 5. The van der Waals surface area contributed by atoms with Crippen molar-refractivity contribution in [1.82, 2.24) is 15.1 Å². The van der Waals surface area contributed by atoms with Crippen molar-refractivity contribution in [2.24, 2.45) is 0 Å². The second-order valence-electron chi connectivity index (χ2n) is 7.34. The van der Waals surface area contributed by atoms with Crippen LogP contribution in [0.2, 0.25) is 0 Å². The first-order valence-corrected chi connectivity index (χ1v) is 9.40. The smallest absolute Gasteiger partial charge is 0.164 e. The highest BCUT2D eigenvalue weighted by Crippen LogP contribution is 2.37. The highest BCUT2D eigenvalue weighted by atomic mass is 16.5. The molecule has 2 aliphatic heterocycles. The van der Waals surface area contributed by atoms with Gasteiger partial charge in [0.15, 0.2) is 11.5 Å². The second kappa shape index (κ2) is 7.19. The lowest BCUT2D eigenvalue weighted by Gasteiger charge is -2.28. The summed E-state index contributed by atoms with van der Waals surface area (Å²) < 4.78 is 17.3. The van der Waals surface area contributed by atoms with E-state index in [1.807, 2.05) is 6.07 Å². The van der Waals surface area contributed by atoms with Gasteiger partial charge in [-0.25, -0.2) is 0 Å². The van der Waals surface area contributed by atoms with Crippen LogP contribution in [-0.2, 0) is 19.5 Å². The van der Waals surface area contributed by atoms with Gasteiger partial charge >= 0.3 is 0 Å². The van der Waals surface area contributed by atoms with Crippen molar-refractivity contribution in [2.75, 3.05) is 26.9 Å². The fourth-order valence-electron chi connectivity index (χ4n) is 3.77. The Morgan fingerprint density at radius 1 is 1.23 bits per heavy atom.